The Morgan fingerprint density at radius 2 is 1.83 bits per heavy atom. The van der Waals surface area contributed by atoms with Crippen LogP contribution in [0.4, 0.5) is 11.4 Å². The number of para-hydroxylation sites is 1. The molecule has 1 aliphatic rings. The van der Waals surface area contributed by atoms with Crippen LogP contribution in [0.2, 0.25) is 5.02 Å². The average Bonchev–Trinajstić information content (AvgIpc) is 2.67. The van der Waals surface area contributed by atoms with Crippen molar-refractivity contribution >= 4 is 34.8 Å². The Hall–Kier alpha value is -2.73. The second-order valence-corrected chi connectivity index (χ2v) is 7.64. The van der Waals surface area contributed by atoms with Crippen LogP contribution < -0.4 is 15.0 Å². The van der Waals surface area contributed by atoms with Gasteiger partial charge in [0.05, 0.1) is 16.4 Å². The summed E-state index contributed by atoms with van der Waals surface area (Å²) in [5.41, 5.74) is 3.55. The van der Waals surface area contributed by atoms with E-state index in [1.807, 2.05) is 43.0 Å². The third kappa shape index (κ3) is 5.21. The highest BCUT2D eigenvalue weighted by molar-refractivity contribution is 6.34. The topological polar surface area (TPSA) is 61.9 Å². The van der Waals surface area contributed by atoms with Crippen LogP contribution in [-0.2, 0) is 9.59 Å². The van der Waals surface area contributed by atoms with Crippen LogP contribution in [0.1, 0.15) is 18.1 Å². The highest BCUT2D eigenvalue weighted by Gasteiger charge is 2.23. The summed E-state index contributed by atoms with van der Waals surface area (Å²) in [5, 5.41) is 3.48. The number of aryl methyl sites for hydroxylation is 2. The van der Waals surface area contributed by atoms with E-state index in [0.29, 0.717) is 42.6 Å². The van der Waals surface area contributed by atoms with Crippen LogP contribution in [0, 0.1) is 13.8 Å². The first-order valence-corrected chi connectivity index (χ1v) is 10.0. The minimum absolute atomic E-state index is 0.0703. The molecule has 0 atom stereocenters. The molecule has 2 aromatic rings. The first-order valence-electron chi connectivity index (χ1n) is 9.64. The molecule has 1 aliphatic heterocycles. The van der Waals surface area contributed by atoms with Crippen LogP contribution in [0.15, 0.2) is 36.4 Å². The SMILES string of the molecule is CC(=O)N1CCN(c2c(Cl)cccc2NC(=O)COc2ccc(C)cc2C)CC1. The summed E-state index contributed by atoms with van der Waals surface area (Å²) in [6.45, 7) is 8.03. The zero-order valence-electron chi connectivity index (χ0n) is 17.0. The molecule has 0 unspecified atom stereocenters. The fourth-order valence-electron chi connectivity index (χ4n) is 3.47. The normalized spacial score (nSPS) is 13.9. The molecule has 6 nitrogen and oxygen atoms in total. The smallest absolute Gasteiger partial charge is 0.262 e. The van der Waals surface area contributed by atoms with Gasteiger partial charge in [-0.05, 0) is 37.6 Å². The molecule has 0 saturated carbocycles. The molecule has 0 aliphatic carbocycles. The van der Waals surface area contributed by atoms with Crippen molar-refractivity contribution in [1.29, 1.82) is 0 Å². The zero-order valence-corrected chi connectivity index (χ0v) is 17.8. The number of ether oxygens (including phenoxy) is 1. The molecule has 7 heteroatoms. The molecule has 29 heavy (non-hydrogen) atoms. The number of halogens is 1. The summed E-state index contributed by atoms with van der Waals surface area (Å²) >= 11 is 6.45. The number of piperazine rings is 1. The Labute approximate surface area is 176 Å². The van der Waals surface area contributed by atoms with Gasteiger partial charge in [0.1, 0.15) is 5.75 Å². The van der Waals surface area contributed by atoms with Gasteiger partial charge in [-0.25, -0.2) is 0 Å². The lowest BCUT2D eigenvalue weighted by Crippen LogP contribution is -2.48. The molecule has 3 rings (SSSR count). The van der Waals surface area contributed by atoms with E-state index in [0.717, 1.165) is 16.8 Å². The molecule has 0 radical (unpaired) electrons. The second kappa shape index (κ2) is 9.18. The molecule has 2 aromatic carbocycles. The number of anilines is 2. The van der Waals surface area contributed by atoms with Gasteiger partial charge < -0.3 is 19.9 Å². The van der Waals surface area contributed by atoms with Gasteiger partial charge in [0, 0.05) is 33.1 Å². The lowest BCUT2D eigenvalue weighted by atomic mass is 10.1. The fourth-order valence-corrected chi connectivity index (χ4v) is 3.77. The number of rotatable bonds is 5. The summed E-state index contributed by atoms with van der Waals surface area (Å²) in [4.78, 5) is 28.0. The number of hydrogen-bond donors (Lipinski definition) is 1. The van der Waals surface area contributed by atoms with Gasteiger partial charge in [-0.1, -0.05) is 35.4 Å². The third-order valence-corrected chi connectivity index (χ3v) is 5.30. The van der Waals surface area contributed by atoms with Crippen LogP contribution in [0.25, 0.3) is 0 Å². The third-order valence-electron chi connectivity index (χ3n) is 4.99. The lowest BCUT2D eigenvalue weighted by Gasteiger charge is -2.36. The molecule has 1 saturated heterocycles. The first-order chi connectivity index (χ1) is 13.8. The van der Waals surface area contributed by atoms with E-state index in [1.165, 1.54) is 0 Å². The number of nitrogens with one attached hydrogen (secondary N) is 1. The Morgan fingerprint density at radius 1 is 1.10 bits per heavy atom. The van der Waals surface area contributed by atoms with Gasteiger partial charge in [0.2, 0.25) is 5.91 Å². The number of benzene rings is 2. The van der Waals surface area contributed by atoms with Crippen LogP contribution in [0.5, 0.6) is 5.75 Å². The maximum atomic E-state index is 12.5. The standard InChI is InChI=1S/C22H26ClN3O3/c1-15-7-8-20(16(2)13-15)29-14-21(28)24-19-6-4-5-18(23)22(19)26-11-9-25(10-12-26)17(3)27/h4-8,13H,9-12,14H2,1-3H3,(H,24,28). The van der Waals surface area contributed by atoms with Crippen molar-refractivity contribution in [3.63, 3.8) is 0 Å². The molecule has 154 valence electrons. The Kier molecular flexibility index (Phi) is 6.64. The van der Waals surface area contributed by atoms with Gasteiger partial charge in [-0.2, -0.15) is 0 Å². The van der Waals surface area contributed by atoms with E-state index >= 15 is 0 Å². The Bertz CT molecular complexity index is 908. The van der Waals surface area contributed by atoms with Crippen molar-refractivity contribution in [3.8, 4) is 5.75 Å². The largest absolute Gasteiger partial charge is 0.483 e. The van der Waals surface area contributed by atoms with E-state index in [-0.39, 0.29) is 18.4 Å². The molecule has 1 fully saturated rings. The maximum absolute atomic E-state index is 12.5. The molecule has 1 N–H and O–H groups in total. The average molecular weight is 416 g/mol. The Morgan fingerprint density at radius 3 is 2.48 bits per heavy atom. The van der Waals surface area contributed by atoms with Gasteiger partial charge >= 0.3 is 0 Å². The van der Waals surface area contributed by atoms with Crippen LogP contribution >= 0.6 is 11.6 Å². The monoisotopic (exact) mass is 415 g/mol. The van der Waals surface area contributed by atoms with Crippen molar-refractivity contribution < 1.29 is 14.3 Å². The Balaban J connectivity index is 1.67. The van der Waals surface area contributed by atoms with E-state index in [9.17, 15) is 9.59 Å². The van der Waals surface area contributed by atoms with Gasteiger partial charge in [0.15, 0.2) is 6.61 Å². The number of amides is 2. The van der Waals surface area contributed by atoms with E-state index in [1.54, 1.807) is 19.1 Å². The highest BCUT2D eigenvalue weighted by atomic mass is 35.5. The van der Waals surface area contributed by atoms with Gasteiger partial charge in [-0.15, -0.1) is 0 Å². The lowest BCUT2D eigenvalue weighted by molar-refractivity contribution is -0.129. The quantitative estimate of drug-likeness (QED) is 0.809. The first kappa shape index (κ1) is 21.0. The predicted molar refractivity (Wildman–Crippen MR) is 116 cm³/mol. The van der Waals surface area contributed by atoms with Crippen molar-refractivity contribution in [3.05, 3.63) is 52.5 Å². The predicted octanol–water partition coefficient (Wildman–Crippen LogP) is 3.64. The molecule has 0 aromatic heterocycles. The minimum atomic E-state index is -0.254. The van der Waals surface area contributed by atoms with Crippen molar-refractivity contribution in [1.82, 2.24) is 4.90 Å². The summed E-state index contributed by atoms with van der Waals surface area (Å²) in [6, 6.07) is 11.3. The van der Waals surface area contributed by atoms with E-state index < -0.39 is 0 Å². The van der Waals surface area contributed by atoms with Crippen LogP contribution in [0.3, 0.4) is 0 Å². The molecular formula is C22H26ClN3O3. The number of hydrogen-bond acceptors (Lipinski definition) is 4. The minimum Gasteiger partial charge on any atom is -0.483 e. The summed E-state index contributed by atoms with van der Waals surface area (Å²) in [5.74, 6) is 0.508. The van der Waals surface area contributed by atoms with E-state index in [4.69, 9.17) is 16.3 Å². The highest BCUT2D eigenvalue weighted by Crippen LogP contribution is 2.34. The summed E-state index contributed by atoms with van der Waals surface area (Å²) in [7, 11) is 0. The summed E-state index contributed by atoms with van der Waals surface area (Å²) < 4.78 is 5.68. The van der Waals surface area contributed by atoms with Crippen molar-refractivity contribution in [2.75, 3.05) is 43.0 Å². The molecular weight excluding hydrogens is 390 g/mol. The maximum Gasteiger partial charge on any atom is 0.262 e. The van der Waals surface area contributed by atoms with Gasteiger partial charge in [-0.3, -0.25) is 9.59 Å². The molecule has 1 heterocycles. The van der Waals surface area contributed by atoms with Crippen molar-refractivity contribution in [2.24, 2.45) is 0 Å². The van der Waals surface area contributed by atoms with Crippen LogP contribution in [-0.4, -0.2) is 49.5 Å². The van der Waals surface area contributed by atoms with Crippen molar-refractivity contribution in [2.45, 2.75) is 20.8 Å². The zero-order chi connectivity index (χ0) is 21.0. The van der Waals surface area contributed by atoms with E-state index in [2.05, 4.69) is 10.2 Å². The number of carbonyl (C=O) groups is 2. The number of carbonyl (C=O) groups excluding carboxylic acids is 2. The number of nitrogens with zero attached hydrogens (tertiary/aromatic N) is 2. The van der Waals surface area contributed by atoms with Gasteiger partial charge in [0.25, 0.3) is 5.91 Å². The molecule has 0 spiro atoms. The fraction of sp³-hybridized carbons (Fsp3) is 0.364. The molecule has 0 bridgehead atoms. The molecule has 2 amide bonds. The summed E-state index contributed by atoms with van der Waals surface area (Å²) in [6.07, 6.45) is 0. The second-order valence-electron chi connectivity index (χ2n) is 7.23.